The Kier molecular flexibility index (Phi) is 5.29. The van der Waals surface area contributed by atoms with Crippen LogP contribution in [0, 0.1) is 0 Å². The molecule has 2 heterocycles. The number of carboxylic acids is 1. The van der Waals surface area contributed by atoms with Crippen molar-refractivity contribution < 1.29 is 27.9 Å². The van der Waals surface area contributed by atoms with Crippen molar-refractivity contribution in [2.75, 3.05) is 26.0 Å². The zero-order valence-electron chi connectivity index (χ0n) is 12.4. The molecule has 1 saturated heterocycles. The Morgan fingerprint density at radius 1 is 1.52 bits per heavy atom. The molecule has 9 nitrogen and oxygen atoms in total. The number of morpholine rings is 1. The van der Waals surface area contributed by atoms with Gasteiger partial charge in [0.1, 0.15) is 0 Å². The zero-order valence-corrected chi connectivity index (χ0v) is 13.2. The van der Waals surface area contributed by atoms with Crippen molar-refractivity contribution in [2.45, 2.75) is 12.6 Å². The van der Waals surface area contributed by atoms with Crippen LogP contribution >= 0.6 is 0 Å². The average Bonchev–Trinajstić information content (AvgIpc) is 2.52. The Bertz CT molecular complexity index is 705. The molecule has 0 spiro atoms. The molecule has 1 aromatic rings. The number of nitrogens with one attached hydrogen (secondary N) is 1. The Labute approximate surface area is 133 Å². The minimum Gasteiger partial charge on any atom is -0.480 e. The van der Waals surface area contributed by atoms with Gasteiger partial charge in [0.15, 0.2) is 6.04 Å². The van der Waals surface area contributed by atoms with Crippen molar-refractivity contribution in [1.29, 1.82) is 0 Å². The summed E-state index contributed by atoms with van der Waals surface area (Å²) in [4.78, 5) is 28.9. The van der Waals surface area contributed by atoms with Crippen molar-refractivity contribution in [3.05, 3.63) is 29.6 Å². The minimum absolute atomic E-state index is 0.0502. The fourth-order valence-electron chi connectivity index (χ4n) is 2.13. The van der Waals surface area contributed by atoms with Crippen molar-refractivity contribution >= 4 is 21.9 Å². The molecule has 1 unspecified atom stereocenters. The Morgan fingerprint density at radius 3 is 2.91 bits per heavy atom. The number of rotatable bonds is 5. The van der Waals surface area contributed by atoms with Gasteiger partial charge in [-0.15, -0.1) is 0 Å². The molecule has 10 heteroatoms. The Hall–Kier alpha value is -2.04. The lowest BCUT2D eigenvalue weighted by atomic mass is 10.1. The molecule has 0 saturated carbocycles. The summed E-state index contributed by atoms with van der Waals surface area (Å²) in [5, 5.41) is 9.17. The predicted molar refractivity (Wildman–Crippen MR) is 79.2 cm³/mol. The van der Waals surface area contributed by atoms with Crippen LogP contribution in [0.2, 0.25) is 0 Å². The molecule has 1 fully saturated rings. The fraction of sp³-hybridized carbons (Fsp3) is 0.462. The second kappa shape index (κ2) is 7.02. The molecule has 0 aliphatic carbocycles. The van der Waals surface area contributed by atoms with Crippen LogP contribution in [0.15, 0.2) is 18.3 Å². The lowest BCUT2D eigenvalue weighted by Crippen LogP contribution is -2.52. The first-order chi connectivity index (χ1) is 10.8. The predicted octanol–water partition coefficient (Wildman–Crippen LogP) is -0.944. The molecule has 0 bridgehead atoms. The number of nitrogens with zero attached hydrogens (tertiary/aromatic N) is 2. The molecule has 0 radical (unpaired) electrons. The molecule has 1 atom stereocenters. The van der Waals surface area contributed by atoms with Gasteiger partial charge in [-0.2, -0.15) is 0 Å². The first-order valence-corrected chi connectivity index (χ1v) is 8.68. The van der Waals surface area contributed by atoms with E-state index in [0.717, 1.165) is 6.26 Å². The number of pyridine rings is 1. The summed E-state index contributed by atoms with van der Waals surface area (Å²) in [5.74, 6) is -1.59. The third-order valence-corrected chi connectivity index (χ3v) is 3.92. The van der Waals surface area contributed by atoms with Crippen LogP contribution in [0.1, 0.15) is 16.1 Å². The van der Waals surface area contributed by atoms with Gasteiger partial charge in [-0.05, 0) is 12.1 Å². The first-order valence-electron chi connectivity index (χ1n) is 6.79. The summed E-state index contributed by atoms with van der Waals surface area (Å²) in [5.41, 5.74) is 0.611. The molecular weight excluding hydrogens is 326 g/mol. The van der Waals surface area contributed by atoms with Gasteiger partial charge in [-0.25, -0.2) is 17.9 Å². The highest BCUT2D eigenvalue weighted by Gasteiger charge is 2.33. The van der Waals surface area contributed by atoms with Crippen LogP contribution < -0.4 is 4.72 Å². The molecule has 1 aromatic heterocycles. The van der Waals surface area contributed by atoms with Gasteiger partial charge in [0, 0.05) is 18.3 Å². The van der Waals surface area contributed by atoms with E-state index in [1.807, 2.05) is 0 Å². The van der Waals surface area contributed by atoms with Crippen LogP contribution in [0.4, 0.5) is 0 Å². The maximum atomic E-state index is 12.5. The van der Waals surface area contributed by atoms with Crippen LogP contribution in [0.3, 0.4) is 0 Å². The van der Waals surface area contributed by atoms with E-state index in [2.05, 4.69) is 9.71 Å². The highest BCUT2D eigenvalue weighted by molar-refractivity contribution is 7.88. The second-order valence-electron chi connectivity index (χ2n) is 5.06. The lowest BCUT2D eigenvalue weighted by molar-refractivity contribution is -0.147. The Morgan fingerprint density at radius 2 is 2.26 bits per heavy atom. The normalized spacial score (nSPS) is 18.7. The van der Waals surface area contributed by atoms with E-state index < -0.39 is 27.9 Å². The summed E-state index contributed by atoms with van der Waals surface area (Å²) < 4.78 is 29.6. The van der Waals surface area contributed by atoms with Crippen molar-refractivity contribution in [2.24, 2.45) is 0 Å². The molecule has 1 aliphatic heterocycles. The SMILES string of the molecule is CS(=O)(=O)NCc1cc(C(=O)N2CCOCC2C(=O)O)ccn1. The standard InChI is InChI=1S/C13H17N3O6S/c1-23(20,21)15-7-10-6-9(2-3-14-10)12(17)16-4-5-22-8-11(16)13(18)19/h2-3,6,11,15H,4-5,7-8H2,1H3,(H,18,19). The van der Waals surface area contributed by atoms with E-state index in [0.29, 0.717) is 5.69 Å². The molecule has 2 N–H and O–H groups in total. The largest absolute Gasteiger partial charge is 0.480 e. The van der Waals surface area contributed by atoms with Gasteiger partial charge < -0.3 is 14.7 Å². The zero-order chi connectivity index (χ0) is 17.0. The number of aromatic nitrogens is 1. The number of hydrogen-bond donors (Lipinski definition) is 2. The lowest BCUT2D eigenvalue weighted by Gasteiger charge is -2.32. The maximum Gasteiger partial charge on any atom is 0.328 e. The molecule has 1 aliphatic rings. The third-order valence-electron chi connectivity index (χ3n) is 3.25. The summed E-state index contributed by atoms with van der Waals surface area (Å²) in [6.07, 6.45) is 2.40. The van der Waals surface area contributed by atoms with E-state index >= 15 is 0 Å². The van der Waals surface area contributed by atoms with Crippen molar-refractivity contribution in [3.63, 3.8) is 0 Å². The summed E-state index contributed by atoms with van der Waals surface area (Å²) in [7, 11) is -3.38. The quantitative estimate of drug-likeness (QED) is 0.706. The number of sulfonamides is 1. The smallest absolute Gasteiger partial charge is 0.328 e. The molecule has 23 heavy (non-hydrogen) atoms. The van der Waals surface area contributed by atoms with Gasteiger partial charge in [-0.3, -0.25) is 9.78 Å². The van der Waals surface area contributed by atoms with E-state index in [9.17, 15) is 18.0 Å². The second-order valence-corrected chi connectivity index (χ2v) is 6.89. The van der Waals surface area contributed by atoms with E-state index in [4.69, 9.17) is 9.84 Å². The number of carbonyl (C=O) groups excluding carboxylic acids is 1. The van der Waals surface area contributed by atoms with E-state index in [1.165, 1.54) is 23.2 Å². The van der Waals surface area contributed by atoms with Crippen LogP contribution in [0.5, 0.6) is 0 Å². The highest BCUT2D eigenvalue weighted by atomic mass is 32.2. The van der Waals surface area contributed by atoms with E-state index in [-0.39, 0.29) is 31.9 Å². The number of carboxylic acid groups (broad SMARTS) is 1. The van der Waals surface area contributed by atoms with Gasteiger partial charge in [-0.1, -0.05) is 0 Å². The highest BCUT2D eigenvalue weighted by Crippen LogP contribution is 2.13. The van der Waals surface area contributed by atoms with Crippen molar-refractivity contribution in [1.82, 2.24) is 14.6 Å². The molecule has 1 amide bonds. The van der Waals surface area contributed by atoms with Gasteiger partial charge in [0.2, 0.25) is 10.0 Å². The van der Waals surface area contributed by atoms with Crippen LogP contribution in [-0.4, -0.2) is 67.3 Å². The summed E-state index contributed by atoms with van der Waals surface area (Å²) in [6, 6.07) is 1.86. The maximum absolute atomic E-state index is 12.5. The monoisotopic (exact) mass is 343 g/mol. The molecule has 126 valence electrons. The van der Waals surface area contributed by atoms with Gasteiger partial charge >= 0.3 is 5.97 Å². The van der Waals surface area contributed by atoms with Gasteiger partial charge in [0.05, 0.1) is 31.7 Å². The van der Waals surface area contributed by atoms with E-state index in [1.54, 1.807) is 0 Å². The Balaban J connectivity index is 2.17. The fourth-order valence-corrected chi connectivity index (χ4v) is 2.54. The topological polar surface area (TPSA) is 126 Å². The first kappa shape index (κ1) is 17.3. The third kappa shape index (κ3) is 4.71. The number of aliphatic carboxylic acids is 1. The molecular formula is C13H17N3O6S. The van der Waals surface area contributed by atoms with Gasteiger partial charge in [0.25, 0.3) is 5.91 Å². The minimum atomic E-state index is -3.38. The van der Waals surface area contributed by atoms with Crippen LogP contribution in [0.25, 0.3) is 0 Å². The summed E-state index contributed by atoms with van der Waals surface area (Å²) >= 11 is 0. The number of carbonyl (C=O) groups is 2. The van der Waals surface area contributed by atoms with Crippen molar-refractivity contribution in [3.8, 4) is 0 Å². The summed E-state index contributed by atoms with van der Waals surface area (Å²) in [6.45, 7) is 0.332. The number of amides is 1. The molecule has 2 rings (SSSR count). The molecule has 0 aromatic carbocycles. The van der Waals surface area contributed by atoms with Crippen LogP contribution in [-0.2, 0) is 26.1 Å². The number of hydrogen-bond acceptors (Lipinski definition) is 6. The average molecular weight is 343 g/mol. The number of ether oxygens (including phenoxy) is 1.